The van der Waals surface area contributed by atoms with Crippen molar-refractivity contribution in [2.75, 3.05) is 13.7 Å². The molecule has 0 radical (unpaired) electrons. The van der Waals surface area contributed by atoms with E-state index >= 15 is 0 Å². The van der Waals surface area contributed by atoms with Gasteiger partial charge in [0.1, 0.15) is 0 Å². The van der Waals surface area contributed by atoms with Crippen LogP contribution in [0.5, 0.6) is 5.88 Å². The Labute approximate surface area is 95.5 Å². The van der Waals surface area contributed by atoms with Crippen LogP contribution >= 0.6 is 0 Å². The molecule has 0 unspecified atom stereocenters. The number of hydrogen-bond donors (Lipinski definition) is 1. The van der Waals surface area contributed by atoms with E-state index in [0.717, 1.165) is 18.6 Å². The fraction of sp³-hybridized carbons (Fsp3) is 0.308. The third-order valence-corrected chi connectivity index (χ3v) is 2.55. The number of para-hydroxylation sites is 1. The summed E-state index contributed by atoms with van der Waals surface area (Å²) in [6.07, 6.45) is 0. The lowest BCUT2D eigenvalue weighted by Crippen LogP contribution is -2.12. The van der Waals surface area contributed by atoms with E-state index in [1.165, 1.54) is 10.9 Å². The summed E-state index contributed by atoms with van der Waals surface area (Å²) in [7, 11) is 1.65. The molecule has 0 aliphatic heterocycles. The molecule has 0 aliphatic carbocycles. The quantitative estimate of drug-likeness (QED) is 0.851. The van der Waals surface area contributed by atoms with Crippen LogP contribution in [-0.4, -0.2) is 18.6 Å². The number of nitrogens with zero attached hydrogens (tertiary/aromatic N) is 1. The second kappa shape index (κ2) is 4.94. The first-order chi connectivity index (χ1) is 7.85. The minimum Gasteiger partial charge on any atom is -0.481 e. The summed E-state index contributed by atoms with van der Waals surface area (Å²) in [4.78, 5) is 4.41. The van der Waals surface area contributed by atoms with Gasteiger partial charge in [0.25, 0.3) is 0 Å². The van der Waals surface area contributed by atoms with Crippen molar-refractivity contribution in [3.63, 3.8) is 0 Å². The summed E-state index contributed by atoms with van der Waals surface area (Å²) in [5.41, 5.74) is 2.21. The summed E-state index contributed by atoms with van der Waals surface area (Å²) >= 11 is 0. The Morgan fingerprint density at radius 2 is 2.12 bits per heavy atom. The fourth-order valence-electron chi connectivity index (χ4n) is 1.73. The van der Waals surface area contributed by atoms with Gasteiger partial charge >= 0.3 is 0 Å². The molecular formula is C13H16N2O. The van der Waals surface area contributed by atoms with E-state index in [-0.39, 0.29) is 0 Å². The number of rotatable bonds is 4. The zero-order valence-corrected chi connectivity index (χ0v) is 9.66. The fourth-order valence-corrected chi connectivity index (χ4v) is 1.73. The van der Waals surface area contributed by atoms with E-state index in [9.17, 15) is 0 Å². The van der Waals surface area contributed by atoms with Crippen molar-refractivity contribution in [2.24, 2.45) is 0 Å². The number of aromatic nitrogens is 1. The Hall–Kier alpha value is -1.61. The van der Waals surface area contributed by atoms with Gasteiger partial charge in [-0.1, -0.05) is 25.1 Å². The van der Waals surface area contributed by atoms with Crippen LogP contribution in [0.15, 0.2) is 30.3 Å². The standard InChI is InChI=1S/C13H16N2O/c1-3-14-9-10-8-13(16-2)15-12-7-5-4-6-11(10)12/h4-8,14H,3,9H2,1-2H3. The van der Waals surface area contributed by atoms with E-state index < -0.39 is 0 Å². The molecule has 0 spiro atoms. The SMILES string of the molecule is CCNCc1cc(OC)nc2ccccc12. The van der Waals surface area contributed by atoms with E-state index in [4.69, 9.17) is 4.74 Å². The predicted octanol–water partition coefficient (Wildman–Crippen LogP) is 2.35. The topological polar surface area (TPSA) is 34.1 Å². The van der Waals surface area contributed by atoms with Gasteiger partial charge in [-0.25, -0.2) is 4.98 Å². The number of benzene rings is 1. The van der Waals surface area contributed by atoms with Crippen LogP contribution in [0.25, 0.3) is 10.9 Å². The summed E-state index contributed by atoms with van der Waals surface area (Å²) in [6, 6.07) is 10.1. The maximum absolute atomic E-state index is 5.20. The minimum absolute atomic E-state index is 0.673. The van der Waals surface area contributed by atoms with Crippen molar-refractivity contribution >= 4 is 10.9 Å². The zero-order chi connectivity index (χ0) is 11.4. The molecule has 1 aromatic heterocycles. The molecule has 1 aromatic carbocycles. The first-order valence-electron chi connectivity index (χ1n) is 5.48. The Balaban J connectivity index is 2.50. The van der Waals surface area contributed by atoms with Crippen molar-refractivity contribution in [3.05, 3.63) is 35.9 Å². The van der Waals surface area contributed by atoms with Crippen molar-refractivity contribution < 1.29 is 4.74 Å². The van der Waals surface area contributed by atoms with Crippen LogP contribution in [0.1, 0.15) is 12.5 Å². The highest BCUT2D eigenvalue weighted by molar-refractivity contribution is 5.82. The van der Waals surface area contributed by atoms with Crippen LogP contribution in [0.4, 0.5) is 0 Å². The van der Waals surface area contributed by atoms with Gasteiger partial charge in [-0.05, 0) is 18.2 Å². The van der Waals surface area contributed by atoms with Crippen LogP contribution in [0.2, 0.25) is 0 Å². The molecule has 2 aromatic rings. The maximum atomic E-state index is 5.20. The molecule has 0 atom stereocenters. The summed E-state index contributed by atoms with van der Waals surface area (Å²) in [5, 5.41) is 4.51. The Bertz CT molecular complexity index is 482. The summed E-state index contributed by atoms with van der Waals surface area (Å²) < 4.78 is 5.20. The van der Waals surface area contributed by atoms with Crippen molar-refractivity contribution in [3.8, 4) is 5.88 Å². The zero-order valence-electron chi connectivity index (χ0n) is 9.66. The van der Waals surface area contributed by atoms with Gasteiger partial charge in [0.05, 0.1) is 12.6 Å². The molecule has 0 aliphatic rings. The smallest absolute Gasteiger partial charge is 0.213 e. The van der Waals surface area contributed by atoms with Crippen molar-refractivity contribution in [1.29, 1.82) is 0 Å². The predicted molar refractivity (Wildman–Crippen MR) is 65.7 cm³/mol. The van der Waals surface area contributed by atoms with Gasteiger partial charge in [-0.2, -0.15) is 0 Å². The highest BCUT2D eigenvalue weighted by Crippen LogP contribution is 2.21. The number of hydrogen-bond acceptors (Lipinski definition) is 3. The van der Waals surface area contributed by atoms with Gasteiger partial charge in [0, 0.05) is 18.0 Å². The van der Waals surface area contributed by atoms with E-state index in [2.05, 4.69) is 23.3 Å². The third-order valence-electron chi connectivity index (χ3n) is 2.55. The molecule has 0 amide bonds. The average molecular weight is 216 g/mol. The second-order valence-corrected chi connectivity index (χ2v) is 3.62. The summed E-state index contributed by atoms with van der Waals surface area (Å²) in [5.74, 6) is 0.673. The first-order valence-corrected chi connectivity index (χ1v) is 5.48. The maximum Gasteiger partial charge on any atom is 0.213 e. The lowest BCUT2D eigenvalue weighted by Gasteiger charge is -2.08. The van der Waals surface area contributed by atoms with Crippen LogP contribution in [0, 0.1) is 0 Å². The highest BCUT2D eigenvalue weighted by atomic mass is 16.5. The number of ether oxygens (including phenoxy) is 1. The third kappa shape index (κ3) is 2.14. The molecule has 0 bridgehead atoms. The number of fused-ring (bicyclic) bond motifs is 1. The Morgan fingerprint density at radius 1 is 1.31 bits per heavy atom. The lowest BCUT2D eigenvalue weighted by molar-refractivity contribution is 0.399. The molecule has 3 nitrogen and oxygen atoms in total. The van der Waals surface area contributed by atoms with Gasteiger partial charge in [0.2, 0.25) is 5.88 Å². The lowest BCUT2D eigenvalue weighted by atomic mass is 10.1. The van der Waals surface area contributed by atoms with Crippen molar-refractivity contribution in [1.82, 2.24) is 10.3 Å². The van der Waals surface area contributed by atoms with E-state index in [1.54, 1.807) is 7.11 Å². The minimum atomic E-state index is 0.673. The van der Waals surface area contributed by atoms with Crippen LogP contribution in [-0.2, 0) is 6.54 Å². The van der Waals surface area contributed by atoms with E-state index in [0.29, 0.717) is 5.88 Å². The molecule has 1 N–H and O–H groups in total. The molecular weight excluding hydrogens is 200 g/mol. The van der Waals surface area contributed by atoms with Gasteiger partial charge < -0.3 is 10.1 Å². The van der Waals surface area contributed by atoms with E-state index in [1.807, 2.05) is 24.3 Å². The highest BCUT2D eigenvalue weighted by Gasteiger charge is 2.04. The van der Waals surface area contributed by atoms with Crippen LogP contribution in [0.3, 0.4) is 0 Å². The molecule has 1 heterocycles. The molecule has 84 valence electrons. The normalized spacial score (nSPS) is 10.6. The molecule has 0 saturated carbocycles. The molecule has 16 heavy (non-hydrogen) atoms. The Kier molecular flexibility index (Phi) is 3.37. The van der Waals surface area contributed by atoms with Crippen LogP contribution < -0.4 is 10.1 Å². The molecule has 2 rings (SSSR count). The first kappa shape index (κ1) is 10.9. The second-order valence-electron chi connectivity index (χ2n) is 3.62. The number of methoxy groups -OCH3 is 1. The molecule has 0 saturated heterocycles. The van der Waals surface area contributed by atoms with Gasteiger partial charge in [0.15, 0.2) is 0 Å². The van der Waals surface area contributed by atoms with Gasteiger partial charge in [-0.3, -0.25) is 0 Å². The molecule has 0 fully saturated rings. The number of nitrogens with one attached hydrogen (secondary N) is 1. The average Bonchev–Trinajstić information content (AvgIpc) is 2.35. The van der Waals surface area contributed by atoms with Crippen molar-refractivity contribution in [2.45, 2.75) is 13.5 Å². The van der Waals surface area contributed by atoms with Gasteiger partial charge in [-0.15, -0.1) is 0 Å². The summed E-state index contributed by atoms with van der Waals surface area (Å²) in [6.45, 7) is 3.90. The molecule has 3 heteroatoms. The largest absolute Gasteiger partial charge is 0.481 e. The Morgan fingerprint density at radius 3 is 2.88 bits per heavy atom. The monoisotopic (exact) mass is 216 g/mol. The number of pyridine rings is 1.